The summed E-state index contributed by atoms with van der Waals surface area (Å²) in [5.41, 5.74) is 1.25. The minimum Gasteiger partial charge on any atom is -0.278 e. The molecule has 0 aliphatic rings. The van der Waals surface area contributed by atoms with Gasteiger partial charge in [0.1, 0.15) is 0 Å². The monoisotopic (exact) mass is 752 g/mol. The third-order valence-corrected chi connectivity index (χ3v) is 13.4. The van der Waals surface area contributed by atoms with Crippen LogP contribution in [0, 0.1) is 35.2 Å². The van der Waals surface area contributed by atoms with Gasteiger partial charge in [0.15, 0.2) is 0 Å². The van der Waals surface area contributed by atoms with Gasteiger partial charge in [-0.25, -0.2) is 13.2 Å². The van der Waals surface area contributed by atoms with Crippen LogP contribution in [-0.4, -0.2) is 0 Å². The van der Waals surface area contributed by atoms with Crippen LogP contribution in [0.1, 0.15) is 5.56 Å². The zero-order chi connectivity index (χ0) is 27.2. The summed E-state index contributed by atoms with van der Waals surface area (Å²) in [5.74, 6) is -13.3. The molecule has 204 valence electrons. The third-order valence-electron chi connectivity index (χ3n) is 6.20. The average Bonchev–Trinajstić information content (AvgIpc) is 2.97. The SMILES string of the molecule is ClP(Cc1ccccc1)(c1ccccc1)(c1ccccc1)c1ccccc1.Fc1[c-]c(F)c(F)c(F)c1F.[Au+]. The van der Waals surface area contributed by atoms with E-state index in [1.54, 1.807) is 0 Å². The van der Waals surface area contributed by atoms with Gasteiger partial charge < -0.3 is 0 Å². The molecule has 5 rings (SSSR count). The van der Waals surface area contributed by atoms with E-state index in [2.05, 4.69) is 121 Å². The van der Waals surface area contributed by atoms with Crippen LogP contribution in [0.5, 0.6) is 0 Å². The molecule has 0 amide bonds. The molecule has 0 heterocycles. The maximum atomic E-state index is 12.0. The number of hydrogen-bond acceptors (Lipinski definition) is 0. The van der Waals surface area contributed by atoms with Crippen molar-refractivity contribution in [2.45, 2.75) is 6.16 Å². The maximum Gasteiger partial charge on any atom is 1.00 e. The number of benzene rings is 5. The quantitative estimate of drug-likeness (QED) is 0.0426. The van der Waals surface area contributed by atoms with E-state index in [1.165, 1.54) is 21.5 Å². The first kappa shape index (κ1) is 30.7. The van der Waals surface area contributed by atoms with Crippen LogP contribution in [0.2, 0.25) is 0 Å². The van der Waals surface area contributed by atoms with Crippen molar-refractivity contribution in [3.63, 3.8) is 0 Å². The van der Waals surface area contributed by atoms with Crippen molar-refractivity contribution in [2.24, 2.45) is 0 Å². The molecule has 0 saturated carbocycles. The van der Waals surface area contributed by atoms with Crippen LogP contribution in [0.4, 0.5) is 22.0 Å². The van der Waals surface area contributed by atoms with E-state index in [1.807, 2.05) is 0 Å². The Kier molecular flexibility index (Phi) is 10.3. The van der Waals surface area contributed by atoms with E-state index >= 15 is 0 Å². The van der Waals surface area contributed by atoms with Gasteiger partial charge in [0.05, 0.1) is 29.1 Å². The summed E-state index contributed by atoms with van der Waals surface area (Å²) in [7, 11) is 0. The van der Waals surface area contributed by atoms with Crippen LogP contribution in [0.3, 0.4) is 0 Å². The first-order valence-electron chi connectivity index (χ1n) is 11.6. The number of hydrogen-bond donors (Lipinski definition) is 0. The zero-order valence-corrected chi connectivity index (χ0v) is 24.1. The fourth-order valence-electron chi connectivity index (χ4n) is 4.36. The molecular weight excluding hydrogens is 731 g/mol. The molecule has 0 spiro atoms. The molecule has 39 heavy (non-hydrogen) atoms. The van der Waals surface area contributed by atoms with Gasteiger partial charge in [0, 0.05) is 0 Å². The Labute approximate surface area is 244 Å². The Morgan fingerprint density at radius 2 is 0.795 bits per heavy atom. The Balaban J connectivity index is 0.000000297. The standard InChI is InChI=1S/C25H22ClP.C6F5.Au/c26-27(23-15-7-2-8-16-23,24-17-9-3-10-18-24,25-19-11-4-12-20-25)21-22-13-5-1-6-14-22;7-2-1-3(8)5(10)6(11)4(2)9;/h1-20H,21H2;;/q;-1;+1. The average molecular weight is 753 g/mol. The minimum atomic E-state index is -3.21. The molecule has 0 unspecified atom stereocenters. The molecule has 0 fully saturated rings. The van der Waals surface area contributed by atoms with Gasteiger partial charge in [-0.05, 0) is 0 Å². The van der Waals surface area contributed by atoms with Gasteiger partial charge in [-0.3, -0.25) is 8.78 Å². The van der Waals surface area contributed by atoms with Gasteiger partial charge in [-0.2, -0.15) is 0 Å². The second kappa shape index (κ2) is 13.0. The maximum absolute atomic E-state index is 12.0. The molecular formula is C31H22AuClF5P. The normalized spacial score (nSPS) is 11.8. The summed E-state index contributed by atoms with van der Waals surface area (Å²) >= 11 is 8.04. The first-order valence-corrected chi connectivity index (χ1v) is 14.9. The van der Waals surface area contributed by atoms with E-state index < -0.39 is 35.0 Å². The summed E-state index contributed by atoms with van der Waals surface area (Å²) in [6.07, 6.45) is 0.784. The van der Waals surface area contributed by atoms with Crippen molar-refractivity contribution in [1.29, 1.82) is 0 Å². The van der Waals surface area contributed by atoms with E-state index in [4.69, 9.17) is 11.2 Å². The summed E-state index contributed by atoms with van der Waals surface area (Å²) in [5, 5.41) is 3.60. The van der Waals surface area contributed by atoms with Crippen molar-refractivity contribution in [3.8, 4) is 0 Å². The fourth-order valence-corrected chi connectivity index (χ4v) is 10.5. The summed E-state index contributed by atoms with van der Waals surface area (Å²) in [4.78, 5) is 0. The molecule has 0 nitrogen and oxygen atoms in total. The Morgan fingerprint density at radius 1 is 0.487 bits per heavy atom. The van der Waals surface area contributed by atoms with Gasteiger partial charge in [-0.15, -0.1) is 6.07 Å². The molecule has 0 saturated heterocycles. The number of rotatable bonds is 5. The molecule has 0 atom stereocenters. The molecule has 0 radical (unpaired) electrons. The Hall–Kier alpha value is -2.79. The van der Waals surface area contributed by atoms with Crippen LogP contribution in [-0.2, 0) is 28.5 Å². The first-order chi connectivity index (χ1) is 18.2. The van der Waals surface area contributed by atoms with Crippen molar-refractivity contribution in [2.75, 3.05) is 0 Å². The molecule has 8 heteroatoms. The zero-order valence-electron chi connectivity index (χ0n) is 20.3. The Morgan fingerprint density at radius 3 is 1.13 bits per heavy atom. The predicted molar refractivity (Wildman–Crippen MR) is 146 cm³/mol. The molecule has 0 bridgehead atoms. The van der Waals surface area contributed by atoms with Crippen LogP contribution >= 0.6 is 17.2 Å². The van der Waals surface area contributed by atoms with E-state index in [0.29, 0.717) is 0 Å². The second-order valence-corrected chi connectivity index (χ2v) is 15.0. The fraction of sp³-hybridized carbons (Fsp3) is 0.0323. The van der Waals surface area contributed by atoms with Crippen molar-refractivity contribution in [1.82, 2.24) is 0 Å². The van der Waals surface area contributed by atoms with Crippen molar-refractivity contribution >= 4 is 33.1 Å². The second-order valence-electron chi connectivity index (χ2n) is 8.53. The molecule has 0 aromatic heterocycles. The molecule has 5 aromatic carbocycles. The van der Waals surface area contributed by atoms with Gasteiger partial charge in [0.2, 0.25) is 0 Å². The molecule has 0 aliphatic heterocycles. The smallest absolute Gasteiger partial charge is 0.278 e. The van der Waals surface area contributed by atoms with Gasteiger partial charge in [0.25, 0.3) is 0 Å². The van der Waals surface area contributed by atoms with Crippen molar-refractivity contribution in [3.05, 3.63) is 162 Å². The summed E-state index contributed by atoms with van der Waals surface area (Å²) in [6, 6.07) is 43.5. The molecule has 5 aromatic rings. The van der Waals surface area contributed by atoms with E-state index in [0.717, 1.165) is 12.2 Å². The van der Waals surface area contributed by atoms with Crippen LogP contribution < -0.4 is 15.9 Å². The molecule has 0 N–H and O–H groups in total. The number of halogens is 6. The topological polar surface area (TPSA) is 0 Å². The van der Waals surface area contributed by atoms with Crippen molar-refractivity contribution < 1.29 is 44.3 Å². The van der Waals surface area contributed by atoms with Crippen LogP contribution in [0.25, 0.3) is 0 Å². The van der Waals surface area contributed by atoms with Gasteiger partial charge >= 0.3 is 189 Å². The minimum absolute atomic E-state index is 0. The Bertz CT molecular complexity index is 1380. The largest absolute Gasteiger partial charge is 1.00 e. The van der Waals surface area contributed by atoms with E-state index in [-0.39, 0.29) is 22.4 Å². The van der Waals surface area contributed by atoms with Gasteiger partial charge in [-0.1, -0.05) is 0 Å². The molecule has 0 aliphatic carbocycles. The van der Waals surface area contributed by atoms with Crippen LogP contribution in [0.15, 0.2) is 121 Å². The van der Waals surface area contributed by atoms with E-state index in [9.17, 15) is 22.0 Å². The predicted octanol–water partition coefficient (Wildman–Crippen LogP) is 8.05. The third kappa shape index (κ3) is 6.19. The summed E-state index contributed by atoms with van der Waals surface area (Å²) < 4.78 is 59.9. The summed E-state index contributed by atoms with van der Waals surface area (Å²) in [6.45, 7) is 0.